The quantitative estimate of drug-likeness (QED) is 0.208. The number of aliphatic hydroxyl groups is 8. The van der Waals surface area contributed by atoms with Crippen molar-refractivity contribution in [2.24, 2.45) is 0 Å². The minimum Gasteiger partial charge on any atom is -0.394 e. The SMILES string of the molecule is OC[C@H]1O[C@@H](O[C@H]2[C@H](O)[C@@H](O)C(O)O[C@@H]2CO)[C@H](O)[C@@H](O)[C@H]1O.[Cu]. The van der Waals surface area contributed by atoms with Crippen molar-refractivity contribution in [1.82, 2.24) is 0 Å². The molecule has 10 atom stereocenters. The van der Waals surface area contributed by atoms with Crippen LogP contribution in [0.5, 0.6) is 0 Å². The average Bonchev–Trinajstić information content (AvgIpc) is 2.55. The standard InChI is InChI=1S/C12H22O11.Cu/c13-1-3-5(15)6(16)9(19)12(22-3)23-10-4(2-14)21-11(20)8(18)7(10)17;/h3-20H,1-2H2;/t3-,4-,5+,6+,7-,8-,9-,10-,11?,12+;/m1./s1. The van der Waals surface area contributed by atoms with Gasteiger partial charge in [-0.2, -0.15) is 0 Å². The number of hydrogen-bond acceptors (Lipinski definition) is 11. The van der Waals surface area contributed by atoms with Crippen LogP contribution in [0.1, 0.15) is 0 Å². The second-order valence-electron chi connectivity index (χ2n) is 5.53. The van der Waals surface area contributed by atoms with Gasteiger partial charge in [-0.15, -0.1) is 0 Å². The number of hydrogen-bond donors (Lipinski definition) is 8. The Morgan fingerprint density at radius 2 is 1.25 bits per heavy atom. The molecule has 0 aromatic heterocycles. The first-order valence-corrected chi connectivity index (χ1v) is 7.08. The van der Waals surface area contributed by atoms with E-state index in [9.17, 15) is 35.7 Å². The Hall–Kier alpha value is 0.0795. The molecule has 12 heteroatoms. The molecule has 0 aliphatic carbocycles. The third-order valence-corrected chi connectivity index (χ3v) is 3.98. The Bertz CT molecular complexity index is 384. The molecule has 2 saturated heterocycles. The molecule has 0 aromatic carbocycles. The zero-order valence-corrected chi connectivity index (χ0v) is 13.2. The van der Waals surface area contributed by atoms with Crippen molar-refractivity contribution in [3.63, 3.8) is 0 Å². The minimum absolute atomic E-state index is 0. The summed E-state index contributed by atoms with van der Waals surface area (Å²) in [6.07, 6.45) is -15.6. The molecule has 2 heterocycles. The molecular weight excluding hydrogens is 384 g/mol. The zero-order chi connectivity index (χ0) is 17.3. The summed E-state index contributed by atoms with van der Waals surface area (Å²) in [5, 5.41) is 76.5. The van der Waals surface area contributed by atoms with Crippen LogP contribution in [0, 0.1) is 0 Å². The second kappa shape index (κ2) is 9.14. The first-order chi connectivity index (χ1) is 10.8. The van der Waals surface area contributed by atoms with E-state index in [1.165, 1.54) is 0 Å². The van der Waals surface area contributed by atoms with Crippen LogP contribution in [0.3, 0.4) is 0 Å². The predicted octanol–water partition coefficient (Wildman–Crippen LogP) is -5.40. The third-order valence-electron chi connectivity index (χ3n) is 3.98. The van der Waals surface area contributed by atoms with Gasteiger partial charge < -0.3 is 55.1 Å². The summed E-state index contributed by atoms with van der Waals surface area (Å²) in [5.41, 5.74) is 0. The molecule has 1 unspecified atom stereocenters. The molecule has 11 nitrogen and oxygen atoms in total. The Balaban J connectivity index is 0.00000288. The number of rotatable bonds is 4. The van der Waals surface area contributed by atoms with Crippen LogP contribution in [0.15, 0.2) is 0 Å². The summed E-state index contributed by atoms with van der Waals surface area (Å²) in [7, 11) is 0. The van der Waals surface area contributed by atoms with Crippen molar-refractivity contribution in [3.05, 3.63) is 0 Å². The van der Waals surface area contributed by atoms with Gasteiger partial charge in [-0.3, -0.25) is 0 Å². The van der Waals surface area contributed by atoms with Gasteiger partial charge in [0.05, 0.1) is 13.2 Å². The molecule has 0 spiro atoms. The van der Waals surface area contributed by atoms with E-state index in [2.05, 4.69) is 0 Å². The van der Waals surface area contributed by atoms with E-state index in [4.69, 9.17) is 19.3 Å². The summed E-state index contributed by atoms with van der Waals surface area (Å²) in [4.78, 5) is 0. The molecule has 8 N–H and O–H groups in total. The van der Waals surface area contributed by atoms with Crippen molar-refractivity contribution in [2.45, 2.75) is 61.4 Å². The van der Waals surface area contributed by atoms with Gasteiger partial charge in [-0.25, -0.2) is 0 Å². The van der Waals surface area contributed by atoms with Crippen LogP contribution >= 0.6 is 0 Å². The van der Waals surface area contributed by atoms with E-state index >= 15 is 0 Å². The topological polar surface area (TPSA) is 190 Å². The summed E-state index contributed by atoms with van der Waals surface area (Å²) in [5.74, 6) is 0. The second-order valence-corrected chi connectivity index (χ2v) is 5.53. The van der Waals surface area contributed by atoms with E-state index in [1.807, 2.05) is 0 Å². The fourth-order valence-corrected chi connectivity index (χ4v) is 2.57. The van der Waals surface area contributed by atoms with Crippen molar-refractivity contribution < 1.29 is 72.1 Å². The third kappa shape index (κ3) is 4.24. The van der Waals surface area contributed by atoms with E-state index in [0.29, 0.717) is 0 Å². The van der Waals surface area contributed by atoms with Gasteiger partial charge in [0, 0.05) is 17.1 Å². The van der Waals surface area contributed by atoms with E-state index in [1.54, 1.807) is 0 Å². The molecule has 1 radical (unpaired) electrons. The predicted molar refractivity (Wildman–Crippen MR) is 68.6 cm³/mol. The van der Waals surface area contributed by atoms with Crippen LogP contribution in [0.2, 0.25) is 0 Å². The molecular formula is C12H22CuO11. The van der Waals surface area contributed by atoms with E-state index in [-0.39, 0.29) is 17.1 Å². The van der Waals surface area contributed by atoms with Gasteiger partial charge in [0.15, 0.2) is 12.6 Å². The summed E-state index contributed by atoms with van der Waals surface area (Å²) in [6.45, 7) is -1.35. The summed E-state index contributed by atoms with van der Waals surface area (Å²) in [6, 6.07) is 0. The largest absolute Gasteiger partial charge is 0.394 e. The van der Waals surface area contributed by atoms with Gasteiger partial charge in [0.25, 0.3) is 0 Å². The molecule has 0 saturated carbocycles. The van der Waals surface area contributed by atoms with Crippen LogP contribution in [-0.2, 0) is 31.3 Å². The first kappa shape index (κ1) is 22.1. The Labute approximate surface area is 147 Å². The van der Waals surface area contributed by atoms with E-state index in [0.717, 1.165) is 0 Å². The smallest absolute Gasteiger partial charge is 0.187 e. The van der Waals surface area contributed by atoms with Crippen LogP contribution in [0.4, 0.5) is 0 Å². The van der Waals surface area contributed by atoms with Crippen molar-refractivity contribution in [2.75, 3.05) is 13.2 Å². The minimum atomic E-state index is -1.74. The zero-order valence-electron chi connectivity index (χ0n) is 12.3. The molecule has 2 aliphatic heterocycles. The van der Waals surface area contributed by atoms with Crippen molar-refractivity contribution in [1.29, 1.82) is 0 Å². The average molecular weight is 406 g/mol. The molecule has 2 rings (SSSR count). The Kier molecular flexibility index (Phi) is 8.43. The molecule has 2 aliphatic rings. The van der Waals surface area contributed by atoms with Crippen LogP contribution < -0.4 is 0 Å². The molecule has 0 amide bonds. The number of ether oxygens (including phenoxy) is 3. The van der Waals surface area contributed by atoms with Gasteiger partial charge in [0.2, 0.25) is 0 Å². The van der Waals surface area contributed by atoms with Crippen LogP contribution in [-0.4, -0.2) is 115 Å². The fourth-order valence-electron chi connectivity index (χ4n) is 2.57. The van der Waals surface area contributed by atoms with Gasteiger partial charge in [0.1, 0.15) is 48.8 Å². The van der Waals surface area contributed by atoms with Gasteiger partial charge >= 0.3 is 0 Å². The maximum Gasteiger partial charge on any atom is 0.187 e. The van der Waals surface area contributed by atoms with Crippen molar-refractivity contribution >= 4 is 0 Å². The van der Waals surface area contributed by atoms with Gasteiger partial charge in [-0.1, -0.05) is 0 Å². The van der Waals surface area contributed by atoms with Crippen LogP contribution in [0.25, 0.3) is 0 Å². The maximum absolute atomic E-state index is 9.94. The normalized spacial score (nSPS) is 49.5. The Morgan fingerprint density at radius 3 is 1.79 bits per heavy atom. The fraction of sp³-hybridized carbons (Fsp3) is 1.00. The summed E-state index contributed by atoms with van der Waals surface area (Å²) >= 11 is 0. The monoisotopic (exact) mass is 405 g/mol. The van der Waals surface area contributed by atoms with Crippen molar-refractivity contribution in [3.8, 4) is 0 Å². The molecule has 147 valence electrons. The Morgan fingerprint density at radius 1 is 0.667 bits per heavy atom. The van der Waals surface area contributed by atoms with Gasteiger partial charge in [-0.05, 0) is 0 Å². The maximum atomic E-state index is 9.94. The first-order valence-electron chi connectivity index (χ1n) is 7.08. The molecule has 0 bridgehead atoms. The molecule has 0 aromatic rings. The number of aliphatic hydroxyl groups excluding tert-OH is 8. The molecule has 2 fully saturated rings. The summed E-state index contributed by atoms with van der Waals surface area (Å²) < 4.78 is 15.3. The molecule has 24 heavy (non-hydrogen) atoms. The van der Waals surface area contributed by atoms with E-state index < -0.39 is 74.6 Å².